The minimum atomic E-state index is -0.958. The van der Waals surface area contributed by atoms with Crippen LogP contribution in [0.15, 0.2) is 24.3 Å². The third-order valence-corrected chi connectivity index (χ3v) is 1.23. The van der Waals surface area contributed by atoms with Gasteiger partial charge in [-0.3, -0.25) is 0 Å². The zero-order valence-electron chi connectivity index (χ0n) is 5.36. The van der Waals surface area contributed by atoms with Gasteiger partial charge in [0.05, 0.1) is 0 Å². The first-order valence-electron chi connectivity index (χ1n) is 2.93. The Labute approximate surface area is 58.7 Å². The lowest BCUT2D eigenvalue weighted by atomic mass is 10.2. The molecule has 3 nitrogen and oxygen atoms in total. The van der Waals surface area contributed by atoms with Gasteiger partial charge >= 0.3 is 0 Å². The largest absolute Gasteiger partial charge is 0.508 e. The van der Waals surface area contributed by atoms with Crippen molar-refractivity contribution in [1.29, 1.82) is 0 Å². The number of benzene rings is 1. The smallest absolute Gasteiger partial charge is 0.128 e. The van der Waals surface area contributed by atoms with Crippen LogP contribution in [0.3, 0.4) is 0 Å². The second-order valence-electron chi connectivity index (χ2n) is 2.04. The van der Waals surface area contributed by atoms with Crippen LogP contribution >= 0.6 is 0 Å². The number of aromatic hydroxyl groups is 1. The van der Waals surface area contributed by atoms with E-state index < -0.39 is 6.23 Å². The van der Waals surface area contributed by atoms with Crippen molar-refractivity contribution in [2.24, 2.45) is 5.73 Å². The summed E-state index contributed by atoms with van der Waals surface area (Å²) in [6.45, 7) is 0. The van der Waals surface area contributed by atoms with Crippen LogP contribution in [0, 0.1) is 0 Å². The molecule has 0 aliphatic heterocycles. The molecule has 0 aliphatic rings. The van der Waals surface area contributed by atoms with E-state index in [9.17, 15) is 0 Å². The molecule has 3 heteroatoms. The predicted molar refractivity (Wildman–Crippen MR) is 37.3 cm³/mol. The van der Waals surface area contributed by atoms with Crippen LogP contribution in [-0.2, 0) is 0 Å². The maximum absolute atomic E-state index is 8.82. The number of rotatable bonds is 1. The molecule has 0 spiro atoms. The fraction of sp³-hybridized carbons (Fsp3) is 0.143. The maximum atomic E-state index is 8.82. The first kappa shape index (κ1) is 7.05. The maximum Gasteiger partial charge on any atom is 0.128 e. The lowest BCUT2D eigenvalue weighted by molar-refractivity contribution is 0.186. The fourth-order valence-corrected chi connectivity index (χ4v) is 0.671. The van der Waals surface area contributed by atoms with Crippen molar-refractivity contribution in [2.45, 2.75) is 6.23 Å². The molecule has 0 saturated carbocycles. The van der Waals surface area contributed by atoms with Crippen molar-refractivity contribution in [3.63, 3.8) is 0 Å². The highest BCUT2D eigenvalue weighted by atomic mass is 16.3. The van der Waals surface area contributed by atoms with Crippen LogP contribution in [0.25, 0.3) is 0 Å². The molecule has 0 bridgehead atoms. The van der Waals surface area contributed by atoms with E-state index in [0.29, 0.717) is 5.56 Å². The van der Waals surface area contributed by atoms with Crippen LogP contribution in [0.2, 0.25) is 0 Å². The van der Waals surface area contributed by atoms with Gasteiger partial charge in [0.2, 0.25) is 0 Å². The van der Waals surface area contributed by atoms with Crippen LogP contribution in [0.4, 0.5) is 0 Å². The van der Waals surface area contributed by atoms with Crippen molar-refractivity contribution < 1.29 is 10.2 Å². The molecule has 0 saturated heterocycles. The van der Waals surface area contributed by atoms with Gasteiger partial charge in [0.25, 0.3) is 0 Å². The summed E-state index contributed by atoms with van der Waals surface area (Å²) >= 11 is 0. The van der Waals surface area contributed by atoms with Gasteiger partial charge in [-0.15, -0.1) is 0 Å². The van der Waals surface area contributed by atoms with E-state index >= 15 is 0 Å². The zero-order chi connectivity index (χ0) is 7.56. The van der Waals surface area contributed by atoms with Crippen molar-refractivity contribution in [3.8, 4) is 5.75 Å². The number of nitrogens with two attached hydrogens (primary N) is 1. The Morgan fingerprint density at radius 1 is 1.20 bits per heavy atom. The van der Waals surface area contributed by atoms with Gasteiger partial charge in [-0.2, -0.15) is 0 Å². The van der Waals surface area contributed by atoms with E-state index in [1.165, 1.54) is 12.1 Å². The Bertz CT molecular complexity index is 205. The second-order valence-corrected chi connectivity index (χ2v) is 2.04. The van der Waals surface area contributed by atoms with Crippen molar-refractivity contribution >= 4 is 0 Å². The van der Waals surface area contributed by atoms with E-state index in [0.717, 1.165) is 0 Å². The summed E-state index contributed by atoms with van der Waals surface area (Å²) in [5.41, 5.74) is 5.73. The Morgan fingerprint density at radius 2 is 1.70 bits per heavy atom. The number of hydrogen-bond donors (Lipinski definition) is 3. The minimum absolute atomic E-state index is 0.171. The molecule has 0 aromatic heterocycles. The summed E-state index contributed by atoms with van der Waals surface area (Å²) in [4.78, 5) is 0. The van der Waals surface area contributed by atoms with E-state index in [-0.39, 0.29) is 5.75 Å². The quantitative estimate of drug-likeness (QED) is 0.491. The average molecular weight is 139 g/mol. The molecule has 0 heterocycles. The highest BCUT2D eigenvalue weighted by molar-refractivity contribution is 5.26. The van der Waals surface area contributed by atoms with Crippen LogP contribution < -0.4 is 5.73 Å². The monoisotopic (exact) mass is 139 g/mol. The third-order valence-electron chi connectivity index (χ3n) is 1.23. The van der Waals surface area contributed by atoms with Gasteiger partial charge in [0.15, 0.2) is 0 Å². The molecule has 4 N–H and O–H groups in total. The molecule has 0 radical (unpaired) electrons. The first-order chi connectivity index (χ1) is 4.70. The van der Waals surface area contributed by atoms with E-state index in [4.69, 9.17) is 15.9 Å². The standard InChI is InChI=1S/C7H9NO2/c8-7(10)5-1-3-6(9)4-2-5/h1-4,7,9-10H,8H2. The summed E-state index contributed by atoms with van der Waals surface area (Å²) in [6, 6.07) is 6.09. The first-order valence-corrected chi connectivity index (χ1v) is 2.93. The van der Waals surface area contributed by atoms with E-state index in [1.807, 2.05) is 0 Å². The Kier molecular flexibility index (Phi) is 1.89. The van der Waals surface area contributed by atoms with E-state index in [1.54, 1.807) is 12.1 Å². The molecule has 1 unspecified atom stereocenters. The number of aliphatic hydroxyl groups excluding tert-OH is 1. The third kappa shape index (κ3) is 1.46. The molecule has 1 atom stereocenters. The van der Waals surface area contributed by atoms with Crippen LogP contribution in [-0.4, -0.2) is 10.2 Å². The Hall–Kier alpha value is -1.06. The zero-order valence-corrected chi connectivity index (χ0v) is 5.36. The van der Waals surface area contributed by atoms with E-state index in [2.05, 4.69) is 0 Å². The molecule has 10 heavy (non-hydrogen) atoms. The molecule has 0 aliphatic carbocycles. The fourth-order valence-electron chi connectivity index (χ4n) is 0.671. The average Bonchev–Trinajstić information content (AvgIpc) is 1.88. The van der Waals surface area contributed by atoms with Gasteiger partial charge < -0.3 is 15.9 Å². The molecule has 1 aromatic rings. The number of phenolic OH excluding ortho intramolecular Hbond substituents is 1. The lowest BCUT2D eigenvalue weighted by Crippen LogP contribution is -2.07. The summed E-state index contributed by atoms with van der Waals surface area (Å²) < 4.78 is 0. The summed E-state index contributed by atoms with van der Waals surface area (Å²) in [5.74, 6) is 0.171. The van der Waals surface area contributed by atoms with Crippen molar-refractivity contribution in [3.05, 3.63) is 29.8 Å². The van der Waals surface area contributed by atoms with Gasteiger partial charge in [-0.1, -0.05) is 12.1 Å². The van der Waals surface area contributed by atoms with Gasteiger partial charge in [0.1, 0.15) is 12.0 Å². The Morgan fingerprint density at radius 3 is 2.10 bits per heavy atom. The minimum Gasteiger partial charge on any atom is -0.508 e. The van der Waals surface area contributed by atoms with Gasteiger partial charge in [0, 0.05) is 0 Å². The predicted octanol–water partition coefficient (Wildman–Crippen LogP) is 0.342. The Balaban J connectivity index is 2.89. The normalized spacial score (nSPS) is 13.0. The van der Waals surface area contributed by atoms with Crippen LogP contribution in [0.1, 0.15) is 11.8 Å². The molecule has 0 amide bonds. The molecular weight excluding hydrogens is 130 g/mol. The lowest BCUT2D eigenvalue weighted by Gasteiger charge is -2.02. The highest BCUT2D eigenvalue weighted by Gasteiger charge is 1.98. The summed E-state index contributed by atoms with van der Waals surface area (Å²) in [5, 5.41) is 17.6. The van der Waals surface area contributed by atoms with Gasteiger partial charge in [-0.05, 0) is 17.7 Å². The van der Waals surface area contributed by atoms with Crippen molar-refractivity contribution in [1.82, 2.24) is 0 Å². The number of aliphatic hydroxyl groups is 1. The molecule has 54 valence electrons. The summed E-state index contributed by atoms with van der Waals surface area (Å²) in [7, 11) is 0. The SMILES string of the molecule is NC(O)c1ccc(O)cc1. The second kappa shape index (κ2) is 2.68. The molecule has 1 rings (SSSR count). The highest BCUT2D eigenvalue weighted by Crippen LogP contribution is 2.12. The number of hydrogen-bond acceptors (Lipinski definition) is 3. The van der Waals surface area contributed by atoms with Crippen LogP contribution in [0.5, 0.6) is 5.75 Å². The molecule has 0 fully saturated rings. The topological polar surface area (TPSA) is 66.5 Å². The number of phenols is 1. The van der Waals surface area contributed by atoms with Crippen molar-refractivity contribution in [2.75, 3.05) is 0 Å². The summed E-state index contributed by atoms with van der Waals surface area (Å²) in [6.07, 6.45) is -0.958. The van der Waals surface area contributed by atoms with Gasteiger partial charge in [-0.25, -0.2) is 0 Å². The molecular formula is C7H9NO2. The molecule has 1 aromatic carbocycles.